The minimum atomic E-state index is 0.221. The Bertz CT molecular complexity index is 372. The number of hydrogen-bond acceptors (Lipinski definition) is 3. The third-order valence-corrected chi connectivity index (χ3v) is 4.41. The van der Waals surface area contributed by atoms with Crippen LogP contribution >= 0.6 is 0 Å². The van der Waals surface area contributed by atoms with Crippen molar-refractivity contribution >= 4 is 0 Å². The first-order chi connectivity index (χ1) is 9.70. The van der Waals surface area contributed by atoms with Gasteiger partial charge in [-0.3, -0.25) is 0 Å². The number of aliphatic hydroxyl groups is 1. The second-order valence-corrected chi connectivity index (χ2v) is 6.03. The summed E-state index contributed by atoms with van der Waals surface area (Å²) in [5, 5.41) is 9.64. The van der Waals surface area contributed by atoms with E-state index in [9.17, 15) is 5.11 Å². The molecule has 0 aromatic heterocycles. The van der Waals surface area contributed by atoms with E-state index in [-0.39, 0.29) is 12.5 Å². The number of hydrogen-bond donors (Lipinski definition) is 1. The normalized spacial score (nSPS) is 19.2. The Morgan fingerprint density at radius 2 is 1.85 bits per heavy atom. The highest BCUT2D eigenvalue weighted by atomic mass is 16.5. The van der Waals surface area contributed by atoms with Crippen molar-refractivity contribution in [3.05, 3.63) is 30.3 Å². The molecule has 2 rings (SSSR count). The van der Waals surface area contributed by atoms with Gasteiger partial charge in [-0.05, 0) is 57.8 Å². The molecular weight excluding hydrogens is 250 g/mol. The fourth-order valence-corrected chi connectivity index (χ4v) is 2.97. The minimum Gasteiger partial charge on any atom is -0.493 e. The first-order valence-electron chi connectivity index (χ1n) is 7.73. The smallest absolute Gasteiger partial charge is 0.119 e. The summed E-state index contributed by atoms with van der Waals surface area (Å²) in [5.74, 6) is 1.73. The van der Waals surface area contributed by atoms with Crippen molar-refractivity contribution in [3.63, 3.8) is 0 Å². The summed E-state index contributed by atoms with van der Waals surface area (Å²) in [6.45, 7) is 7.63. The maximum absolute atomic E-state index is 9.64. The molecule has 0 bridgehead atoms. The van der Waals surface area contributed by atoms with Gasteiger partial charge in [0.2, 0.25) is 0 Å². The molecular formula is C17H27NO2. The molecule has 0 aliphatic carbocycles. The van der Waals surface area contributed by atoms with Crippen molar-refractivity contribution in [2.75, 3.05) is 26.3 Å². The Kier molecular flexibility index (Phi) is 5.86. The molecule has 20 heavy (non-hydrogen) atoms. The van der Waals surface area contributed by atoms with Gasteiger partial charge in [-0.15, -0.1) is 0 Å². The SMILES string of the molecule is CC(C)N1CCC(C(CO)COc2ccccc2)CC1. The highest BCUT2D eigenvalue weighted by Crippen LogP contribution is 2.26. The van der Waals surface area contributed by atoms with Crippen molar-refractivity contribution in [1.29, 1.82) is 0 Å². The molecule has 1 saturated heterocycles. The minimum absolute atomic E-state index is 0.221. The van der Waals surface area contributed by atoms with Crippen LogP contribution < -0.4 is 4.74 Å². The van der Waals surface area contributed by atoms with E-state index >= 15 is 0 Å². The van der Waals surface area contributed by atoms with Crippen molar-refractivity contribution in [2.45, 2.75) is 32.7 Å². The largest absolute Gasteiger partial charge is 0.493 e. The van der Waals surface area contributed by atoms with Gasteiger partial charge in [0, 0.05) is 18.6 Å². The van der Waals surface area contributed by atoms with Crippen LogP contribution in [-0.4, -0.2) is 42.4 Å². The van der Waals surface area contributed by atoms with Crippen molar-refractivity contribution < 1.29 is 9.84 Å². The molecule has 3 nitrogen and oxygen atoms in total. The van der Waals surface area contributed by atoms with Crippen LogP contribution in [0.1, 0.15) is 26.7 Å². The van der Waals surface area contributed by atoms with E-state index in [0.717, 1.165) is 18.8 Å². The van der Waals surface area contributed by atoms with Gasteiger partial charge < -0.3 is 14.7 Å². The first kappa shape index (κ1) is 15.3. The van der Waals surface area contributed by atoms with Crippen LogP contribution in [0.2, 0.25) is 0 Å². The molecule has 0 amide bonds. The molecule has 0 spiro atoms. The van der Waals surface area contributed by atoms with Gasteiger partial charge in [-0.2, -0.15) is 0 Å². The van der Waals surface area contributed by atoms with Crippen LogP contribution in [0.15, 0.2) is 30.3 Å². The molecule has 112 valence electrons. The zero-order chi connectivity index (χ0) is 14.4. The monoisotopic (exact) mass is 277 g/mol. The number of aliphatic hydroxyl groups excluding tert-OH is 1. The number of benzene rings is 1. The number of rotatable bonds is 6. The molecule has 0 radical (unpaired) electrons. The molecule has 1 N–H and O–H groups in total. The van der Waals surface area contributed by atoms with Crippen molar-refractivity contribution in [2.24, 2.45) is 11.8 Å². The van der Waals surface area contributed by atoms with Gasteiger partial charge in [-0.25, -0.2) is 0 Å². The summed E-state index contributed by atoms with van der Waals surface area (Å²) in [4.78, 5) is 2.52. The van der Waals surface area contributed by atoms with Gasteiger partial charge in [0.15, 0.2) is 0 Å². The lowest BCUT2D eigenvalue weighted by molar-refractivity contribution is 0.0648. The first-order valence-corrected chi connectivity index (χ1v) is 7.73. The van der Waals surface area contributed by atoms with E-state index in [0.29, 0.717) is 18.6 Å². The quantitative estimate of drug-likeness (QED) is 0.868. The molecule has 1 aromatic carbocycles. The summed E-state index contributed by atoms with van der Waals surface area (Å²) >= 11 is 0. The predicted molar refractivity (Wildman–Crippen MR) is 81.9 cm³/mol. The second kappa shape index (κ2) is 7.65. The zero-order valence-corrected chi connectivity index (χ0v) is 12.7. The number of nitrogens with zero attached hydrogens (tertiary/aromatic N) is 1. The average molecular weight is 277 g/mol. The van der Waals surface area contributed by atoms with E-state index in [1.807, 2.05) is 30.3 Å². The fraction of sp³-hybridized carbons (Fsp3) is 0.647. The molecule has 1 aliphatic rings. The third kappa shape index (κ3) is 4.22. The van der Waals surface area contributed by atoms with Gasteiger partial charge in [0.25, 0.3) is 0 Å². The van der Waals surface area contributed by atoms with Crippen LogP contribution in [0.3, 0.4) is 0 Å². The Morgan fingerprint density at radius 3 is 2.40 bits per heavy atom. The zero-order valence-electron chi connectivity index (χ0n) is 12.7. The van der Waals surface area contributed by atoms with E-state index in [4.69, 9.17) is 4.74 Å². The Balaban J connectivity index is 1.80. The maximum atomic E-state index is 9.64. The summed E-state index contributed by atoms with van der Waals surface area (Å²) in [6, 6.07) is 10.5. The number of piperidine rings is 1. The summed E-state index contributed by atoms with van der Waals surface area (Å²) in [6.07, 6.45) is 2.34. The molecule has 1 unspecified atom stereocenters. The lowest BCUT2D eigenvalue weighted by Crippen LogP contribution is -2.41. The van der Waals surface area contributed by atoms with E-state index < -0.39 is 0 Å². The number of likely N-dealkylation sites (tertiary alicyclic amines) is 1. The highest BCUT2D eigenvalue weighted by molar-refractivity contribution is 5.20. The standard InChI is InChI=1S/C17H27NO2/c1-14(2)18-10-8-15(9-11-18)16(12-19)13-20-17-6-4-3-5-7-17/h3-7,14-16,19H,8-13H2,1-2H3. The van der Waals surface area contributed by atoms with Crippen LogP contribution in [-0.2, 0) is 0 Å². The summed E-state index contributed by atoms with van der Waals surface area (Å²) in [7, 11) is 0. The molecule has 0 saturated carbocycles. The van der Waals surface area contributed by atoms with E-state index in [1.165, 1.54) is 12.8 Å². The van der Waals surface area contributed by atoms with E-state index in [1.54, 1.807) is 0 Å². The van der Waals surface area contributed by atoms with Crippen LogP contribution in [0.4, 0.5) is 0 Å². The van der Waals surface area contributed by atoms with Crippen LogP contribution in [0, 0.1) is 11.8 Å². The van der Waals surface area contributed by atoms with Crippen molar-refractivity contribution in [3.8, 4) is 5.75 Å². The average Bonchev–Trinajstić information content (AvgIpc) is 2.49. The molecule has 3 heteroatoms. The number of para-hydroxylation sites is 1. The highest BCUT2D eigenvalue weighted by Gasteiger charge is 2.27. The molecule has 1 heterocycles. The Hall–Kier alpha value is -1.06. The Morgan fingerprint density at radius 1 is 1.20 bits per heavy atom. The van der Waals surface area contributed by atoms with Gasteiger partial charge >= 0.3 is 0 Å². The van der Waals surface area contributed by atoms with Gasteiger partial charge in [-0.1, -0.05) is 18.2 Å². The van der Waals surface area contributed by atoms with Crippen molar-refractivity contribution in [1.82, 2.24) is 4.90 Å². The summed E-state index contributed by atoms with van der Waals surface area (Å²) in [5.41, 5.74) is 0. The maximum Gasteiger partial charge on any atom is 0.119 e. The van der Waals surface area contributed by atoms with Crippen LogP contribution in [0.25, 0.3) is 0 Å². The predicted octanol–water partition coefficient (Wildman–Crippen LogP) is 2.79. The topological polar surface area (TPSA) is 32.7 Å². The molecule has 1 aromatic rings. The molecule has 1 aliphatic heterocycles. The van der Waals surface area contributed by atoms with Gasteiger partial charge in [0.05, 0.1) is 6.61 Å². The molecule has 1 atom stereocenters. The number of ether oxygens (including phenoxy) is 1. The third-order valence-electron chi connectivity index (χ3n) is 4.41. The van der Waals surface area contributed by atoms with Gasteiger partial charge in [0.1, 0.15) is 5.75 Å². The second-order valence-electron chi connectivity index (χ2n) is 6.03. The lowest BCUT2D eigenvalue weighted by atomic mass is 9.85. The van der Waals surface area contributed by atoms with E-state index in [2.05, 4.69) is 18.7 Å². The summed E-state index contributed by atoms with van der Waals surface area (Å²) < 4.78 is 5.81. The Labute approximate surface area is 122 Å². The van der Waals surface area contributed by atoms with Crippen LogP contribution in [0.5, 0.6) is 5.75 Å². The molecule has 1 fully saturated rings. The fourth-order valence-electron chi connectivity index (χ4n) is 2.97. The lowest BCUT2D eigenvalue weighted by Gasteiger charge is -2.37.